The maximum atomic E-state index is 12.5. The third kappa shape index (κ3) is 3.33. The van der Waals surface area contributed by atoms with Crippen molar-refractivity contribution in [1.82, 2.24) is 0 Å². The van der Waals surface area contributed by atoms with Crippen LogP contribution in [0.3, 0.4) is 0 Å². The lowest BCUT2D eigenvalue weighted by molar-refractivity contribution is -0.150. The van der Waals surface area contributed by atoms with Gasteiger partial charge in [-0.05, 0) is 58.1 Å². The van der Waals surface area contributed by atoms with E-state index in [9.17, 15) is 4.79 Å². The molecule has 160 valence electrons. The van der Waals surface area contributed by atoms with Gasteiger partial charge in [0.25, 0.3) is 0 Å². The van der Waals surface area contributed by atoms with E-state index < -0.39 is 0 Å². The Bertz CT molecular complexity index is 974. The molecule has 1 saturated carbocycles. The van der Waals surface area contributed by atoms with Gasteiger partial charge in [-0.3, -0.25) is 4.79 Å². The fourth-order valence-corrected chi connectivity index (χ4v) is 4.83. The Morgan fingerprint density at radius 2 is 1.70 bits per heavy atom. The molecule has 8 heteroatoms. The number of halogens is 1. The zero-order chi connectivity index (χ0) is 21.4. The summed E-state index contributed by atoms with van der Waals surface area (Å²) in [4.78, 5) is 12.5. The van der Waals surface area contributed by atoms with Crippen molar-refractivity contribution in [3.8, 4) is 28.7 Å². The summed E-state index contributed by atoms with van der Waals surface area (Å²) in [5.74, 6) is 2.56. The van der Waals surface area contributed by atoms with Crippen molar-refractivity contribution in [3.63, 3.8) is 0 Å². The molecule has 1 aliphatic heterocycles. The first-order valence-electron chi connectivity index (χ1n) is 9.49. The lowest BCUT2D eigenvalue weighted by Crippen LogP contribution is -2.39. The van der Waals surface area contributed by atoms with Crippen LogP contribution >= 0.6 is 15.9 Å². The number of carbonyl (C=O) groups is 1. The van der Waals surface area contributed by atoms with Crippen LogP contribution in [0.2, 0.25) is 0 Å². The second-order valence-electron chi connectivity index (χ2n) is 7.18. The number of hydrogen-bond donors (Lipinski definition) is 0. The smallest absolute Gasteiger partial charge is 0.309 e. The van der Waals surface area contributed by atoms with Crippen molar-refractivity contribution in [1.29, 1.82) is 0 Å². The quantitative estimate of drug-likeness (QED) is 0.574. The fraction of sp³-hybridized carbons (Fsp3) is 0.409. The highest BCUT2D eigenvalue weighted by atomic mass is 79.9. The number of fused-ring (bicyclic) bond motifs is 1. The lowest BCUT2D eigenvalue weighted by Gasteiger charge is -2.44. The number of hydrogen-bond acceptors (Lipinski definition) is 7. The molecule has 0 radical (unpaired) electrons. The monoisotopic (exact) mass is 478 g/mol. The van der Waals surface area contributed by atoms with Crippen LogP contribution in [0, 0.1) is 5.92 Å². The van der Waals surface area contributed by atoms with E-state index in [-0.39, 0.29) is 30.5 Å². The molecule has 7 nitrogen and oxygen atoms in total. The second-order valence-corrected chi connectivity index (χ2v) is 8.04. The van der Waals surface area contributed by atoms with Crippen molar-refractivity contribution >= 4 is 21.9 Å². The average molecular weight is 479 g/mol. The van der Waals surface area contributed by atoms with Gasteiger partial charge in [0.05, 0.1) is 38.8 Å². The summed E-state index contributed by atoms with van der Waals surface area (Å²) in [6, 6.07) is 7.66. The van der Waals surface area contributed by atoms with E-state index in [1.165, 1.54) is 7.11 Å². The van der Waals surface area contributed by atoms with Crippen molar-refractivity contribution in [2.24, 2.45) is 5.92 Å². The number of methoxy groups -OCH3 is 4. The van der Waals surface area contributed by atoms with Crippen molar-refractivity contribution in [2.75, 3.05) is 35.2 Å². The molecule has 3 atom stereocenters. The van der Waals surface area contributed by atoms with Crippen LogP contribution < -0.4 is 23.7 Å². The Hall–Kier alpha value is -2.61. The Labute approximate surface area is 183 Å². The van der Waals surface area contributed by atoms with Crippen LogP contribution in [0.1, 0.15) is 29.4 Å². The summed E-state index contributed by atoms with van der Waals surface area (Å²) >= 11 is 3.50. The number of ether oxygens (including phenoxy) is 6. The van der Waals surface area contributed by atoms with Crippen molar-refractivity contribution in [2.45, 2.75) is 18.3 Å². The summed E-state index contributed by atoms with van der Waals surface area (Å²) in [6.07, 6.45) is 0.634. The molecule has 0 unspecified atom stereocenters. The zero-order valence-electron chi connectivity index (χ0n) is 17.2. The molecule has 0 bridgehead atoms. The van der Waals surface area contributed by atoms with E-state index in [4.69, 9.17) is 28.4 Å². The molecule has 30 heavy (non-hydrogen) atoms. The summed E-state index contributed by atoms with van der Waals surface area (Å²) in [6.45, 7) is 0.140. The molecule has 0 spiro atoms. The molecule has 0 aromatic heterocycles. The highest BCUT2D eigenvalue weighted by Gasteiger charge is 2.49. The third-order valence-electron chi connectivity index (χ3n) is 5.85. The Morgan fingerprint density at radius 1 is 0.967 bits per heavy atom. The van der Waals surface area contributed by atoms with Gasteiger partial charge in [-0.2, -0.15) is 0 Å². The van der Waals surface area contributed by atoms with Gasteiger partial charge in [0.2, 0.25) is 12.5 Å². The average Bonchev–Trinajstić information content (AvgIpc) is 3.21. The molecule has 2 aromatic rings. The fourth-order valence-electron chi connectivity index (χ4n) is 4.35. The molecule has 1 heterocycles. The molecular formula is C22H23BrO7. The van der Waals surface area contributed by atoms with E-state index in [1.807, 2.05) is 24.3 Å². The molecule has 2 aromatic carbocycles. The standard InChI is InChI=1S/C22H23BrO7/c1-25-16-9-15(23)17(26-2)8-12(16)13-7-14(22(24)28-4)20(13)11-5-18(27-3)21-19(6-11)29-10-30-21/h5-6,8-9,13-14,20H,7,10H2,1-4H3/t13-,14+,20+/m0/s1. The maximum Gasteiger partial charge on any atom is 0.309 e. The van der Waals surface area contributed by atoms with Crippen LogP contribution in [0.15, 0.2) is 28.7 Å². The summed E-state index contributed by atoms with van der Waals surface area (Å²) in [5.41, 5.74) is 1.89. The van der Waals surface area contributed by atoms with Gasteiger partial charge in [0.1, 0.15) is 11.5 Å². The van der Waals surface area contributed by atoms with Gasteiger partial charge in [-0.1, -0.05) is 0 Å². The second kappa shape index (κ2) is 8.26. The van der Waals surface area contributed by atoms with Gasteiger partial charge < -0.3 is 28.4 Å². The van der Waals surface area contributed by atoms with E-state index in [0.29, 0.717) is 29.4 Å². The third-order valence-corrected chi connectivity index (χ3v) is 6.47. The largest absolute Gasteiger partial charge is 0.496 e. The van der Waals surface area contributed by atoms with Gasteiger partial charge in [0.15, 0.2) is 11.5 Å². The lowest BCUT2D eigenvalue weighted by atomic mass is 9.59. The first kappa shape index (κ1) is 20.7. The van der Waals surface area contributed by atoms with Crippen LogP contribution in [0.4, 0.5) is 0 Å². The molecule has 1 aliphatic carbocycles. The summed E-state index contributed by atoms with van der Waals surface area (Å²) < 4.78 is 33.6. The zero-order valence-corrected chi connectivity index (χ0v) is 18.8. The van der Waals surface area contributed by atoms with Crippen LogP contribution in [-0.2, 0) is 9.53 Å². The molecular weight excluding hydrogens is 456 g/mol. The number of rotatable bonds is 6. The molecule has 0 saturated heterocycles. The minimum atomic E-state index is -0.288. The molecule has 2 aliphatic rings. The predicted octanol–water partition coefficient (Wildman–Crippen LogP) is 4.26. The van der Waals surface area contributed by atoms with Crippen molar-refractivity contribution < 1.29 is 33.2 Å². The topological polar surface area (TPSA) is 72.5 Å². The Kier molecular flexibility index (Phi) is 5.69. The van der Waals surface area contributed by atoms with Gasteiger partial charge in [0, 0.05) is 11.5 Å². The predicted molar refractivity (Wildman–Crippen MR) is 112 cm³/mol. The minimum absolute atomic E-state index is 0.0242. The Balaban J connectivity index is 1.80. The first-order chi connectivity index (χ1) is 14.5. The summed E-state index contributed by atoms with van der Waals surface area (Å²) in [7, 11) is 6.25. The SMILES string of the molecule is COC(=O)[C@@H]1C[C@@H](c2cc(OC)c(Br)cc2OC)[C@H]1c1cc(OC)c2c(c1)OCO2. The molecule has 0 N–H and O–H groups in total. The van der Waals surface area contributed by atoms with Crippen molar-refractivity contribution in [3.05, 3.63) is 39.9 Å². The van der Waals surface area contributed by atoms with E-state index >= 15 is 0 Å². The first-order valence-corrected chi connectivity index (χ1v) is 10.3. The van der Waals surface area contributed by atoms with E-state index in [1.54, 1.807) is 21.3 Å². The molecule has 0 amide bonds. The van der Waals surface area contributed by atoms with E-state index in [2.05, 4.69) is 15.9 Å². The van der Waals surface area contributed by atoms with Crippen LogP contribution in [0.25, 0.3) is 0 Å². The minimum Gasteiger partial charge on any atom is -0.496 e. The Morgan fingerprint density at radius 3 is 2.37 bits per heavy atom. The maximum absolute atomic E-state index is 12.5. The summed E-state index contributed by atoms with van der Waals surface area (Å²) in [5, 5.41) is 0. The normalized spacial score (nSPS) is 21.6. The van der Waals surface area contributed by atoms with E-state index in [0.717, 1.165) is 21.3 Å². The number of benzene rings is 2. The van der Waals surface area contributed by atoms with Gasteiger partial charge in [-0.15, -0.1) is 0 Å². The van der Waals surface area contributed by atoms with Crippen LogP contribution in [0.5, 0.6) is 28.7 Å². The molecule has 1 fully saturated rings. The number of esters is 1. The van der Waals surface area contributed by atoms with Crippen LogP contribution in [-0.4, -0.2) is 41.2 Å². The number of carbonyl (C=O) groups excluding carboxylic acids is 1. The van der Waals surface area contributed by atoms with Gasteiger partial charge >= 0.3 is 5.97 Å². The highest BCUT2D eigenvalue weighted by molar-refractivity contribution is 9.10. The highest BCUT2D eigenvalue weighted by Crippen LogP contribution is 2.58. The molecule has 4 rings (SSSR count). The van der Waals surface area contributed by atoms with Gasteiger partial charge in [-0.25, -0.2) is 0 Å².